The highest BCUT2D eigenvalue weighted by Gasteiger charge is 2.52. The Balaban J connectivity index is 1.18. The molecule has 110 heavy (non-hydrogen) atoms. The summed E-state index contributed by atoms with van der Waals surface area (Å²) < 4.78 is 51.9. The normalized spacial score (nSPS) is 31.4. The quantitative estimate of drug-likeness (QED) is 0.0695. The molecule has 21 N–H and O–H groups in total. The van der Waals surface area contributed by atoms with E-state index in [2.05, 4.69) is 37.2 Å². The molecule has 21 atom stereocenters. The van der Waals surface area contributed by atoms with Gasteiger partial charge in [0.15, 0.2) is 36.2 Å². The molecule has 35 nitrogen and oxygen atoms in total. The minimum Gasteiger partial charge on any atom is -0.508 e. The number of hydrogen-bond acceptors (Lipinski definition) is 27. The summed E-state index contributed by atoms with van der Waals surface area (Å²) in [6, 6.07) is 1.70. The highest BCUT2D eigenvalue weighted by Crippen LogP contribution is 2.50. The van der Waals surface area contributed by atoms with Crippen LogP contribution in [0.5, 0.6) is 46.0 Å². The summed E-state index contributed by atoms with van der Waals surface area (Å²) in [6.45, 7) is 10.7. The lowest BCUT2D eigenvalue weighted by atomic mass is 9.78. The summed E-state index contributed by atoms with van der Waals surface area (Å²) in [6.07, 6.45) is -21.4. The van der Waals surface area contributed by atoms with Gasteiger partial charge in [-0.25, -0.2) is 4.79 Å². The monoisotopic (exact) mass is 1560 g/mol. The largest absolute Gasteiger partial charge is 0.508 e. The van der Waals surface area contributed by atoms with E-state index in [0.29, 0.717) is 0 Å². The molecule has 21 unspecified atom stereocenters. The number of carboxylic acids is 1. The van der Waals surface area contributed by atoms with E-state index in [9.17, 15) is 70.2 Å². The van der Waals surface area contributed by atoms with Gasteiger partial charge in [-0.1, -0.05) is 63.6 Å². The zero-order valence-corrected chi connectivity index (χ0v) is 61.5. The first-order valence-electron chi connectivity index (χ1n) is 35.4. The van der Waals surface area contributed by atoms with Crippen LogP contribution >= 0.6 is 11.6 Å². The second kappa shape index (κ2) is 32.8. The molecule has 3 fully saturated rings. The van der Waals surface area contributed by atoms with Crippen LogP contribution in [0, 0.1) is 11.3 Å². The molecule has 0 saturated carbocycles. The Bertz CT molecular complexity index is 4340. The van der Waals surface area contributed by atoms with Crippen molar-refractivity contribution in [1.82, 2.24) is 37.2 Å². The molecule has 5 aromatic carbocycles. The molecule has 0 spiro atoms. The van der Waals surface area contributed by atoms with Crippen molar-refractivity contribution in [3.05, 3.63) is 118 Å². The smallest absolute Gasteiger partial charge is 0.330 e. The Morgan fingerprint density at radius 3 is 1.94 bits per heavy atom. The van der Waals surface area contributed by atoms with E-state index in [1.54, 1.807) is 20.8 Å². The number of likely N-dealkylation sites (N-methyl/N-ethyl adjacent to an activating group) is 1. The third-order valence-electron chi connectivity index (χ3n) is 20.3. The number of fused-ring (bicyclic) bond motifs is 15. The summed E-state index contributed by atoms with van der Waals surface area (Å²) in [5, 5.41) is 132. The number of phenolic OH excluding ortho intramolecular Hbond substituents is 3. The predicted octanol–water partition coefficient (Wildman–Crippen LogP) is 0.999. The molecule has 8 aliphatic rings. The Kier molecular flexibility index (Phi) is 24.3. The number of aliphatic hydroxyl groups is 6. The van der Waals surface area contributed by atoms with Gasteiger partial charge in [-0.2, -0.15) is 0 Å². The predicted molar refractivity (Wildman–Crippen MR) is 382 cm³/mol. The fraction of sp³-hybridized carbons (Fsp3) is 0.486. The maximum absolute atomic E-state index is 16.3. The number of carbonyl (C=O) groups is 8. The Morgan fingerprint density at radius 1 is 0.682 bits per heavy atom. The summed E-state index contributed by atoms with van der Waals surface area (Å²) in [7, 11) is 1.48. The second-order valence-electron chi connectivity index (χ2n) is 29.6. The van der Waals surface area contributed by atoms with Gasteiger partial charge in [-0.15, -0.1) is 0 Å². The van der Waals surface area contributed by atoms with Gasteiger partial charge in [0.2, 0.25) is 53.4 Å². The molecule has 8 aliphatic heterocycles. The average molecular weight is 1560 g/mol. The molecule has 3 saturated heterocycles. The van der Waals surface area contributed by atoms with Crippen molar-refractivity contribution >= 4 is 58.9 Å². The van der Waals surface area contributed by atoms with Gasteiger partial charge < -0.3 is 138 Å². The Labute approximate surface area is 634 Å². The molecule has 0 radical (unpaired) electrons. The summed E-state index contributed by atoms with van der Waals surface area (Å²) in [5.41, 5.74) is 7.61. The van der Waals surface area contributed by atoms with Crippen LogP contribution in [0.3, 0.4) is 0 Å². The maximum Gasteiger partial charge on any atom is 0.330 e. The fourth-order valence-electron chi connectivity index (χ4n) is 14.4. The van der Waals surface area contributed by atoms with Crippen LogP contribution in [0.25, 0.3) is 11.1 Å². The van der Waals surface area contributed by atoms with E-state index in [1.165, 1.54) is 57.3 Å². The Hall–Kier alpha value is -9.57. The first kappa shape index (κ1) is 81.4. The number of ether oxygens (including phenoxy) is 8. The number of aliphatic carboxylic acids is 1. The van der Waals surface area contributed by atoms with Crippen LogP contribution in [0.1, 0.15) is 132 Å². The number of aromatic hydroxyl groups is 3. The van der Waals surface area contributed by atoms with Gasteiger partial charge in [-0.3, -0.25) is 33.6 Å². The maximum atomic E-state index is 16.3. The van der Waals surface area contributed by atoms with Gasteiger partial charge in [0.25, 0.3) is 0 Å². The summed E-state index contributed by atoms with van der Waals surface area (Å²) in [4.78, 5) is 120. The third-order valence-corrected chi connectivity index (χ3v) is 20.6. The van der Waals surface area contributed by atoms with Crippen LogP contribution in [-0.2, 0) is 62.0 Å². The lowest BCUT2D eigenvalue weighted by Crippen LogP contribution is -2.62. The lowest BCUT2D eigenvalue weighted by Gasteiger charge is -2.47. The molecule has 7 amide bonds. The minimum absolute atomic E-state index is 0.0205. The minimum atomic E-state index is -2.33. The van der Waals surface area contributed by atoms with E-state index in [1.807, 2.05) is 13.8 Å². The molecule has 5 aromatic rings. The molecular weight excluding hydrogens is 1470 g/mol. The number of amides is 7. The molecule has 36 heteroatoms. The van der Waals surface area contributed by atoms with Crippen LogP contribution in [0.4, 0.5) is 0 Å². The number of hydrogen-bond donors (Lipinski definition) is 19. The van der Waals surface area contributed by atoms with Crippen LogP contribution < -0.4 is 62.9 Å². The van der Waals surface area contributed by atoms with E-state index in [4.69, 9.17) is 61.0 Å². The number of carboxylic acid groups (broad SMARTS) is 1. The standard InChI is InChI=1S/C74H90ClN9O26/c1-28(2)17-40(78-8)65(95)83-55-57(90)33-12-16-44(39(75)19-33)106-46-21-34-20-45(61(46)110-72-62(59(92)58(91)47(27-85)107-72)109-49-25-73(5,6)63(93)29(3)103-49)105-36-13-9-31(10-14-36)60(108-50-26-74(7,77)64(94)30(4)104-50)56-70(100)82-54(71(101)102)38-22-35(86)23-43(88)51(38)37-18-32(11-15-42(37)87)52(67(97)84-56)81-68(98)53(34)80-66(96)41(24-48(76)89)79-69(55)99/h9-16,18-23,28-30,40-41,47,49-50,52-60,62-64,72,78,85-88,90-94H,17,24-27,77H2,1-8H3,(H2,76,89)(H,79,99)(H,80,96)(H,81,98)(H,82,100)(H,83,95)(H,84,97)(H,101,102). The molecule has 594 valence electrons. The second-order valence-corrected chi connectivity index (χ2v) is 30.0. The first-order chi connectivity index (χ1) is 51.8. The van der Waals surface area contributed by atoms with Gasteiger partial charge in [0.05, 0.1) is 48.5 Å². The van der Waals surface area contributed by atoms with Gasteiger partial charge in [0, 0.05) is 41.1 Å². The molecular formula is C74H90ClN9O26. The molecule has 0 aliphatic carbocycles. The van der Waals surface area contributed by atoms with Crippen molar-refractivity contribution in [2.24, 2.45) is 22.8 Å². The highest BCUT2D eigenvalue weighted by molar-refractivity contribution is 6.32. The fourth-order valence-corrected chi connectivity index (χ4v) is 14.6. The zero-order valence-electron chi connectivity index (χ0n) is 60.8. The number of primary amides is 1. The first-order valence-corrected chi connectivity index (χ1v) is 35.8. The number of rotatable bonds is 15. The molecule has 13 rings (SSSR count). The van der Waals surface area contributed by atoms with Crippen LogP contribution in [0.15, 0.2) is 84.9 Å². The number of aliphatic hydroxyl groups excluding tert-OH is 6. The molecule has 11 bridgehead atoms. The SMILES string of the molecule is CNC(CC(C)C)C(=O)NC1C(=O)NC(CC(N)=O)C(=O)NC2C(=O)NC3C(=O)NC(C(=O)NC(C(=O)O)c4cc(O)cc(O)c4-c4cc3ccc4O)C(OC3CC(C)(N)C(O)C(C)O3)c3ccc(cc3)Oc3cc2cc(c3OC2OC(CO)C(O)C(O)C2OC2CC(C)(C)C(O)C(C)O2)Oc2ccc(cc2Cl)C1O. The highest BCUT2D eigenvalue weighted by atomic mass is 35.5. The Morgan fingerprint density at radius 2 is 1.31 bits per heavy atom. The number of phenols is 3. The van der Waals surface area contributed by atoms with Gasteiger partial charge in [-0.05, 0) is 122 Å². The van der Waals surface area contributed by atoms with Crippen LogP contribution in [-0.4, -0.2) is 209 Å². The number of nitrogens with two attached hydrogens (primary N) is 2. The number of halogens is 1. The van der Waals surface area contributed by atoms with Gasteiger partial charge >= 0.3 is 5.97 Å². The van der Waals surface area contributed by atoms with Crippen molar-refractivity contribution in [2.75, 3.05) is 13.7 Å². The van der Waals surface area contributed by atoms with E-state index in [-0.39, 0.29) is 58.4 Å². The average Bonchev–Trinajstić information content (AvgIpc) is 0.765. The van der Waals surface area contributed by atoms with Crippen molar-refractivity contribution in [3.8, 4) is 57.1 Å². The van der Waals surface area contributed by atoms with E-state index < -0.39 is 250 Å². The molecule has 8 heterocycles. The number of benzene rings is 5. The van der Waals surface area contributed by atoms with Crippen LogP contribution in [0.2, 0.25) is 5.02 Å². The molecule has 0 aromatic heterocycles. The van der Waals surface area contributed by atoms with Crippen molar-refractivity contribution < 1.29 is 127 Å². The lowest BCUT2D eigenvalue weighted by molar-refractivity contribution is -0.337. The topological polar surface area (TPSA) is 549 Å². The van der Waals surface area contributed by atoms with Crippen molar-refractivity contribution in [1.29, 1.82) is 0 Å². The van der Waals surface area contributed by atoms with Crippen molar-refractivity contribution in [2.45, 2.75) is 202 Å². The number of nitrogens with one attached hydrogen (secondary N) is 7. The summed E-state index contributed by atoms with van der Waals surface area (Å²) in [5.74, 6) is -15.3. The summed E-state index contributed by atoms with van der Waals surface area (Å²) >= 11 is 7.14. The van der Waals surface area contributed by atoms with E-state index in [0.717, 1.165) is 48.5 Å². The zero-order chi connectivity index (χ0) is 80.0. The van der Waals surface area contributed by atoms with E-state index >= 15 is 19.2 Å². The van der Waals surface area contributed by atoms with Crippen molar-refractivity contribution in [3.63, 3.8) is 0 Å². The number of carbonyl (C=O) groups excluding carboxylic acids is 7. The third kappa shape index (κ3) is 17.3. The van der Waals surface area contributed by atoms with Gasteiger partial charge in [0.1, 0.15) is 89.5 Å².